The number of rotatable bonds is 5. The van der Waals surface area contributed by atoms with Crippen LogP contribution in [0.3, 0.4) is 0 Å². The van der Waals surface area contributed by atoms with Crippen molar-refractivity contribution in [3.05, 3.63) is 59.7 Å². The number of para-hydroxylation sites is 2. The number of nitrogens with two attached hydrogens (primary N) is 1. The third-order valence-corrected chi connectivity index (χ3v) is 3.79. The first-order chi connectivity index (χ1) is 12.0. The van der Waals surface area contributed by atoms with E-state index in [0.29, 0.717) is 16.8 Å². The number of carbonyl (C=O) groups excluding carboxylic acids is 2. The molecule has 2 amide bonds. The summed E-state index contributed by atoms with van der Waals surface area (Å²) in [7, 11) is 0. The van der Waals surface area contributed by atoms with Gasteiger partial charge in [0.1, 0.15) is 11.9 Å². The highest BCUT2D eigenvalue weighted by molar-refractivity contribution is 6.02. The second kappa shape index (κ2) is 6.76. The zero-order valence-electron chi connectivity index (χ0n) is 13.0. The molecule has 0 saturated carbocycles. The van der Waals surface area contributed by atoms with Crippen molar-refractivity contribution in [2.24, 2.45) is 5.73 Å². The monoisotopic (exact) mass is 347 g/mol. The maximum absolute atomic E-state index is 12.7. The molecule has 25 heavy (non-hydrogen) atoms. The van der Waals surface area contributed by atoms with E-state index in [2.05, 4.69) is 10.1 Å². The number of fused-ring (bicyclic) bond motifs is 1. The lowest BCUT2D eigenvalue weighted by Crippen LogP contribution is -2.49. The van der Waals surface area contributed by atoms with E-state index in [4.69, 9.17) is 5.73 Å². The number of alkyl halides is 2. The highest BCUT2D eigenvalue weighted by Gasteiger charge is 2.34. The molecule has 0 aliphatic carbocycles. The molecule has 0 bridgehead atoms. The number of hydrogen-bond acceptors (Lipinski definition) is 4. The Hall–Kier alpha value is -3.16. The lowest BCUT2D eigenvalue weighted by Gasteiger charge is -2.38. The smallest absolute Gasteiger partial charge is 0.387 e. The molecule has 0 unspecified atom stereocenters. The highest BCUT2D eigenvalue weighted by atomic mass is 19.3. The average Bonchev–Trinajstić information content (AvgIpc) is 2.57. The fourth-order valence-corrected chi connectivity index (χ4v) is 2.83. The van der Waals surface area contributed by atoms with Crippen LogP contribution in [0.4, 0.5) is 14.5 Å². The number of ether oxygens (including phenoxy) is 1. The van der Waals surface area contributed by atoms with Crippen molar-refractivity contribution in [3.8, 4) is 5.75 Å². The van der Waals surface area contributed by atoms with Crippen molar-refractivity contribution in [1.82, 2.24) is 5.32 Å². The number of primary amides is 1. The zero-order valence-corrected chi connectivity index (χ0v) is 13.0. The summed E-state index contributed by atoms with van der Waals surface area (Å²) in [6.45, 7) is -3.22. The lowest BCUT2D eigenvalue weighted by atomic mass is 10.0. The van der Waals surface area contributed by atoms with Gasteiger partial charge in [0.2, 0.25) is 5.91 Å². The van der Waals surface area contributed by atoms with Gasteiger partial charge in [-0.2, -0.15) is 8.78 Å². The SMILES string of the molecule is NC(=O)CN1c2ccccc2C(=O)N[C@@H]1c1ccccc1OC(F)F. The van der Waals surface area contributed by atoms with Gasteiger partial charge in [0.15, 0.2) is 0 Å². The van der Waals surface area contributed by atoms with Gasteiger partial charge in [-0.15, -0.1) is 0 Å². The van der Waals surface area contributed by atoms with Gasteiger partial charge in [-0.1, -0.05) is 30.3 Å². The van der Waals surface area contributed by atoms with E-state index < -0.39 is 18.7 Å². The number of hydrogen-bond donors (Lipinski definition) is 2. The van der Waals surface area contributed by atoms with Crippen molar-refractivity contribution in [2.75, 3.05) is 11.4 Å². The van der Waals surface area contributed by atoms with Gasteiger partial charge in [-0.3, -0.25) is 9.59 Å². The van der Waals surface area contributed by atoms with Crippen LogP contribution >= 0.6 is 0 Å². The van der Waals surface area contributed by atoms with Crippen molar-refractivity contribution < 1.29 is 23.1 Å². The quantitative estimate of drug-likeness (QED) is 0.867. The van der Waals surface area contributed by atoms with Crippen molar-refractivity contribution in [1.29, 1.82) is 0 Å². The van der Waals surface area contributed by atoms with Gasteiger partial charge in [0, 0.05) is 5.56 Å². The van der Waals surface area contributed by atoms with E-state index in [9.17, 15) is 18.4 Å². The number of nitrogens with one attached hydrogen (secondary N) is 1. The molecular formula is C17H15F2N3O3. The van der Waals surface area contributed by atoms with E-state index in [0.717, 1.165) is 0 Å². The molecule has 0 radical (unpaired) electrons. The molecule has 0 aromatic heterocycles. The van der Waals surface area contributed by atoms with Gasteiger partial charge in [-0.25, -0.2) is 0 Å². The summed E-state index contributed by atoms with van der Waals surface area (Å²) in [6.07, 6.45) is -0.871. The second-order valence-electron chi connectivity index (χ2n) is 5.40. The van der Waals surface area contributed by atoms with Gasteiger partial charge >= 0.3 is 6.61 Å². The molecule has 2 aromatic rings. The summed E-state index contributed by atoms with van der Waals surface area (Å²) in [6, 6.07) is 12.8. The minimum atomic E-state index is -3.02. The Kier molecular flexibility index (Phi) is 4.51. The van der Waals surface area contributed by atoms with E-state index in [1.165, 1.54) is 12.1 Å². The Morgan fingerprint density at radius 1 is 1.20 bits per heavy atom. The Bertz CT molecular complexity index is 813. The Labute approximate surface area is 142 Å². The fourth-order valence-electron chi connectivity index (χ4n) is 2.83. The van der Waals surface area contributed by atoms with Crippen LogP contribution in [0.2, 0.25) is 0 Å². The van der Waals surface area contributed by atoms with Crippen LogP contribution in [0, 0.1) is 0 Å². The molecule has 1 heterocycles. The molecule has 1 atom stereocenters. The number of anilines is 1. The Balaban J connectivity index is 2.09. The number of carbonyl (C=O) groups is 2. The third kappa shape index (κ3) is 3.37. The summed E-state index contributed by atoms with van der Waals surface area (Å²) >= 11 is 0. The highest BCUT2D eigenvalue weighted by Crippen LogP contribution is 2.36. The lowest BCUT2D eigenvalue weighted by molar-refractivity contribution is -0.116. The molecule has 6 nitrogen and oxygen atoms in total. The topological polar surface area (TPSA) is 84.7 Å². The van der Waals surface area contributed by atoms with Gasteiger partial charge in [-0.05, 0) is 18.2 Å². The normalized spacial score (nSPS) is 16.4. The third-order valence-electron chi connectivity index (χ3n) is 3.79. The average molecular weight is 347 g/mol. The van der Waals surface area contributed by atoms with E-state index in [-0.39, 0.29) is 18.2 Å². The molecular weight excluding hydrogens is 332 g/mol. The van der Waals surface area contributed by atoms with Crippen LogP contribution < -0.4 is 20.7 Å². The van der Waals surface area contributed by atoms with E-state index in [1.807, 2.05) is 0 Å². The van der Waals surface area contributed by atoms with E-state index >= 15 is 0 Å². The van der Waals surface area contributed by atoms with Gasteiger partial charge < -0.3 is 20.7 Å². The van der Waals surface area contributed by atoms with Crippen LogP contribution in [-0.2, 0) is 4.79 Å². The summed E-state index contributed by atoms with van der Waals surface area (Å²) in [5.41, 5.74) is 6.48. The maximum atomic E-state index is 12.7. The van der Waals surface area contributed by atoms with Crippen LogP contribution in [-0.4, -0.2) is 25.0 Å². The fraction of sp³-hybridized carbons (Fsp3) is 0.176. The molecule has 0 saturated heterocycles. The van der Waals surface area contributed by atoms with Crippen molar-refractivity contribution in [2.45, 2.75) is 12.8 Å². The summed E-state index contributed by atoms with van der Waals surface area (Å²) in [5, 5.41) is 2.71. The molecule has 0 fully saturated rings. The minimum Gasteiger partial charge on any atom is -0.434 e. The number of halogens is 2. The largest absolute Gasteiger partial charge is 0.434 e. The van der Waals surface area contributed by atoms with Crippen LogP contribution in [0.15, 0.2) is 48.5 Å². The molecule has 130 valence electrons. The predicted molar refractivity (Wildman–Crippen MR) is 86.3 cm³/mol. The first kappa shape index (κ1) is 16.7. The molecule has 0 spiro atoms. The van der Waals surface area contributed by atoms with Gasteiger partial charge in [0.05, 0.1) is 17.8 Å². The minimum absolute atomic E-state index is 0.0864. The molecule has 1 aliphatic heterocycles. The number of benzene rings is 2. The summed E-state index contributed by atoms with van der Waals surface area (Å²) in [4.78, 5) is 25.5. The Morgan fingerprint density at radius 3 is 2.60 bits per heavy atom. The second-order valence-corrected chi connectivity index (χ2v) is 5.40. The maximum Gasteiger partial charge on any atom is 0.387 e. The van der Waals surface area contributed by atoms with Crippen molar-refractivity contribution >= 4 is 17.5 Å². The molecule has 8 heteroatoms. The molecule has 3 N–H and O–H groups in total. The first-order valence-electron chi connectivity index (χ1n) is 7.46. The van der Waals surface area contributed by atoms with Crippen molar-refractivity contribution in [3.63, 3.8) is 0 Å². The molecule has 2 aromatic carbocycles. The van der Waals surface area contributed by atoms with Crippen LogP contribution in [0.1, 0.15) is 22.1 Å². The zero-order chi connectivity index (χ0) is 18.0. The molecule has 1 aliphatic rings. The standard InChI is InChI=1S/C17H15F2N3O3/c18-17(19)25-13-8-4-2-6-11(13)15-21-16(24)10-5-1-3-7-12(10)22(15)9-14(20)23/h1-8,15,17H,9H2,(H2,20,23)(H,21,24)/t15-/m0/s1. The number of nitrogens with zero attached hydrogens (tertiary/aromatic N) is 1. The van der Waals surface area contributed by atoms with E-state index in [1.54, 1.807) is 41.3 Å². The summed E-state index contributed by atoms with van der Waals surface area (Å²) in [5.74, 6) is -1.09. The van der Waals surface area contributed by atoms with Crippen LogP contribution in [0.25, 0.3) is 0 Å². The Morgan fingerprint density at radius 2 is 1.88 bits per heavy atom. The van der Waals surface area contributed by atoms with Crippen LogP contribution in [0.5, 0.6) is 5.75 Å². The first-order valence-corrected chi connectivity index (χ1v) is 7.46. The van der Waals surface area contributed by atoms with Gasteiger partial charge in [0.25, 0.3) is 5.91 Å². The summed E-state index contributed by atoms with van der Waals surface area (Å²) < 4.78 is 29.9. The predicted octanol–water partition coefficient (Wildman–Crippen LogP) is 2.02. The number of amides is 2. The molecule has 3 rings (SSSR count).